The highest BCUT2D eigenvalue weighted by molar-refractivity contribution is 6.06. The van der Waals surface area contributed by atoms with Gasteiger partial charge in [0.2, 0.25) is 5.78 Å². The van der Waals surface area contributed by atoms with Crippen molar-refractivity contribution in [2.45, 2.75) is 40.5 Å². The standard InChI is InChI=1S/C19H24O4/c1-5-23-18(22)19-11-10-16(20)17(21)15(19)9-7-13(4)14(19)8-6-12(2)3/h6-7,10-11,14,21H,5,8-9H2,1-4H3/t14-,19+/m0/s1. The molecule has 0 radical (unpaired) electrons. The lowest BCUT2D eigenvalue weighted by Crippen LogP contribution is -2.45. The predicted octanol–water partition coefficient (Wildman–Crippen LogP) is 3.81. The first kappa shape index (κ1) is 17.3. The quantitative estimate of drug-likeness (QED) is 0.633. The zero-order valence-corrected chi connectivity index (χ0v) is 14.2. The molecule has 0 aromatic carbocycles. The fourth-order valence-electron chi connectivity index (χ4n) is 3.40. The number of aliphatic hydroxyl groups excluding tert-OH is 1. The number of esters is 1. The normalized spacial score (nSPS) is 26.5. The molecule has 2 aliphatic carbocycles. The second-order valence-electron chi connectivity index (χ2n) is 6.34. The first-order valence-corrected chi connectivity index (χ1v) is 7.98. The summed E-state index contributed by atoms with van der Waals surface area (Å²) in [4.78, 5) is 24.7. The Morgan fingerprint density at radius 1 is 1.48 bits per heavy atom. The predicted molar refractivity (Wildman–Crippen MR) is 88.8 cm³/mol. The Morgan fingerprint density at radius 3 is 2.78 bits per heavy atom. The van der Waals surface area contributed by atoms with Crippen molar-refractivity contribution in [3.8, 4) is 0 Å². The Morgan fingerprint density at radius 2 is 2.17 bits per heavy atom. The monoisotopic (exact) mass is 316 g/mol. The second-order valence-corrected chi connectivity index (χ2v) is 6.34. The van der Waals surface area contributed by atoms with Gasteiger partial charge in [0, 0.05) is 11.5 Å². The summed E-state index contributed by atoms with van der Waals surface area (Å²) in [5.74, 6) is -1.32. The molecule has 124 valence electrons. The molecule has 0 amide bonds. The molecule has 4 nitrogen and oxygen atoms in total. The molecular formula is C19H24O4. The van der Waals surface area contributed by atoms with Gasteiger partial charge in [-0.05, 0) is 46.6 Å². The zero-order chi connectivity index (χ0) is 17.2. The molecule has 4 heteroatoms. The Bertz CT molecular complexity index is 644. The van der Waals surface area contributed by atoms with E-state index >= 15 is 0 Å². The number of allylic oxidation sites excluding steroid dienone is 5. The first-order valence-electron chi connectivity index (χ1n) is 7.98. The molecule has 2 aliphatic rings. The van der Waals surface area contributed by atoms with Crippen molar-refractivity contribution >= 4 is 11.8 Å². The third-order valence-corrected chi connectivity index (χ3v) is 4.62. The molecule has 0 heterocycles. The van der Waals surface area contributed by atoms with Gasteiger partial charge in [-0.25, -0.2) is 0 Å². The third-order valence-electron chi connectivity index (χ3n) is 4.62. The smallest absolute Gasteiger partial charge is 0.320 e. The molecule has 0 saturated carbocycles. The lowest BCUT2D eigenvalue weighted by atomic mass is 9.60. The molecule has 0 saturated heterocycles. The highest BCUT2D eigenvalue weighted by atomic mass is 16.5. The van der Waals surface area contributed by atoms with E-state index in [1.165, 1.54) is 6.08 Å². The maximum Gasteiger partial charge on any atom is 0.320 e. The van der Waals surface area contributed by atoms with Gasteiger partial charge in [-0.15, -0.1) is 0 Å². The minimum absolute atomic E-state index is 0.160. The Kier molecular flexibility index (Phi) is 4.93. The van der Waals surface area contributed by atoms with Crippen molar-refractivity contribution in [3.63, 3.8) is 0 Å². The molecule has 0 aliphatic heterocycles. The molecule has 0 bridgehead atoms. The van der Waals surface area contributed by atoms with E-state index in [0.29, 0.717) is 18.4 Å². The number of fused-ring (bicyclic) bond motifs is 1. The van der Waals surface area contributed by atoms with Crippen LogP contribution in [-0.2, 0) is 14.3 Å². The van der Waals surface area contributed by atoms with Crippen molar-refractivity contribution in [2.24, 2.45) is 11.3 Å². The minimum Gasteiger partial charge on any atom is -0.504 e. The largest absolute Gasteiger partial charge is 0.504 e. The topological polar surface area (TPSA) is 63.6 Å². The number of ketones is 1. The highest BCUT2D eigenvalue weighted by Gasteiger charge is 2.53. The van der Waals surface area contributed by atoms with E-state index in [1.54, 1.807) is 13.0 Å². The Labute approximate surface area is 137 Å². The molecule has 1 N–H and O–H groups in total. The number of hydrogen-bond acceptors (Lipinski definition) is 4. The van der Waals surface area contributed by atoms with E-state index < -0.39 is 17.2 Å². The number of aliphatic hydroxyl groups is 1. The van der Waals surface area contributed by atoms with Gasteiger partial charge in [-0.2, -0.15) is 0 Å². The average Bonchev–Trinajstić information content (AvgIpc) is 2.50. The minimum atomic E-state index is -1.08. The maximum atomic E-state index is 12.8. The van der Waals surface area contributed by atoms with Crippen LogP contribution in [0.4, 0.5) is 0 Å². The summed E-state index contributed by atoms with van der Waals surface area (Å²) in [6.45, 7) is 8.02. The van der Waals surface area contributed by atoms with E-state index in [4.69, 9.17) is 4.74 Å². The SMILES string of the molecule is CCOC(=O)[C@@]12C=CC(=O)C(O)=C1CC=C(C)[C@@H]2CC=C(C)C. The Hall–Kier alpha value is -2.10. The van der Waals surface area contributed by atoms with Crippen LogP contribution in [0.1, 0.15) is 40.5 Å². The summed E-state index contributed by atoms with van der Waals surface area (Å²) < 4.78 is 5.32. The molecule has 0 aromatic rings. The van der Waals surface area contributed by atoms with E-state index in [9.17, 15) is 14.7 Å². The number of hydrogen-bond donors (Lipinski definition) is 1. The molecule has 0 unspecified atom stereocenters. The fraction of sp³-hybridized carbons (Fsp3) is 0.474. The number of ether oxygens (including phenoxy) is 1. The van der Waals surface area contributed by atoms with Crippen molar-refractivity contribution in [3.05, 3.63) is 46.8 Å². The summed E-state index contributed by atoms with van der Waals surface area (Å²) in [5.41, 5.74) is 1.61. The Balaban J connectivity index is 2.63. The van der Waals surface area contributed by atoms with Crippen molar-refractivity contribution in [1.29, 1.82) is 0 Å². The zero-order valence-electron chi connectivity index (χ0n) is 14.2. The highest BCUT2D eigenvalue weighted by Crippen LogP contribution is 2.51. The molecule has 0 aromatic heterocycles. The fourth-order valence-corrected chi connectivity index (χ4v) is 3.40. The van der Waals surface area contributed by atoms with E-state index in [0.717, 1.165) is 11.1 Å². The number of carbonyl (C=O) groups is 2. The van der Waals surface area contributed by atoms with Crippen LogP contribution in [0.25, 0.3) is 0 Å². The van der Waals surface area contributed by atoms with E-state index in [2.05, 4.69) is 6.08 Å². The molecule has 2 rings (SSSR count). The number of rotatable bonds is 4. The van der Waals surface area contributed by atoms with Gasteiger partial charge in [-0.3, -0.25) is 9.59 Å². The van der Waals surface area contributed by atoms with Gasteiger partial charge in [-0.1, -0.05) is 29.4 Å². The number of carbonyl (C=O) groups excluding carboxylic acids is 2. The van der Waals surface area contributed by atoms with Crippen molar-refractivity contribution in [2.75, 3.05) is 6.61 Å². The lowest BCUT2D eigenvalue weighted by Gasteiger charge is -2.42. The van der Waals surface area contributed by atoms with Gasteiger partial charge in [0.15, 0.2) is 5.76 Å². The van der Waals surface area contributed by atoms with Gasteiger partial charge < -0.3 is 9.84 Å². The van der Waals surface area contributed by atoms with Crippen molar-refractivity contribution < 1.29 is 19.4 Å². The summed E-state index contributed by atoms with van der Waals surface area (Å²) in [6, 6.07) is 0. The third kappa shape index (κ3) is 2.90. The lowest BCUT2D eigenvalue weighted by molar-refractivity contribution is -0.153. The van der Waals surface area contributed by atoms with Crippen LogP contribution in [0.5, 0.6) is 0 Å². The average molecular weight is 316 g/mol. The maximum absolute atomic E-state index is 12.8. The molecule has 0 fully saturated rings. The van der Waals surface area contributed by atoms with Crippen molar-refractivity contribution in [1.82, 2.24) is 0 Å². The van der Waals surface area contributed by atoms with Crippen LogP contribution in [0.3, 0.4) is 0 Å². The molecule has 0 spiro atoms. The molecule has 23 heavy (non-hydrogen) atoms. The first-order chi connectivity index (χ1) is 10.8. The molecular weight excluding hydrogens is 292 g/mol. The summed E-state index contributed by atoms with van der Waals surface area (Å²) in [5, 5.41) is 10.3. The molecule has 2 atom stereocenters. The van der Waals surface area contributed by atoms with Crippen LogP contribution in [0, 0.1) is 11.3 Å². The second kappa shape index (κ2) is 6.57. The van der Waals surface area contributed by atoms with Crippen LogP contribution in [0.2, 0.25) is 0 Å². The van der Waals surface area contributed by atoms with Crippen LogP contribution in [0.15, 0.2) is 46.8 Å². The van der Waals surface area contributed by atoms with Crippen LogP contribution < -0.4 is 0 Å². The summed E-state index contributed by atoms with van der Waals surface area (Å²) in [7, 11) is 0. The van der Waals surface area contributed by atoms with Crippen LogP contribution >= 0.6 is 0 Å². The van der Waals surface area contributed by atoms with Gasteiger partial charge >= 0.3 is 5.97 Å². The van der Waals surface area contributed by atoms with Gasteiger partial charge in [0.1, 0.15) is 5.41 Å². The van der Waals surface area contributed by atoms with Gasteiger partial charge in [0.25, 0.3) is 0 Å². The van der Waals surface area contributed by atoms with Gasteiger partial charge in [0.05, 0.1) is 6.61 Å². The van der Waals surface area contributed by atoms with Crippen LogP contribution in [-0.4, -0.2) is 23.5 Å². The summed E-state index contributed by atoms with van der Waals surface area (Å²) in [6.07, 6.45) is 8.02. The van der Waals surface area contributed by atoms with E-state index in [1.807, 2.05) is 26.8 Å². The summed E-state index contributed by atoms with van der Waals surface area (Å²) >= 11 is 0. The van der Waals surface area contributed by atoms with E-state index in [-0.39, 0.29) is 18.3 Å².